The van der Waals surface area contributed by atoms with Crippen molar-refractivity contribution in [3.63, 3.8) is 0 Å². The van der Waals surface area contributed by atoms with Crippen LogP contribution in [0.5, 0.6) is 0 Å². The van der Waals surface area contributed by atoms with Gasteiger partial charge in [0.1, 0.15) is 5.15 Å². The van der Waals surface area contributed by atoms with Crippen molar-refractivity contribution in [2.24, 2.45) is 7.05 Å². The van der Waals surface area contributed by atoms with Crippen LogP contribution in [-0.2, 0) is 7.05 Å². The van der Waals surface area contributed by atoms with Gasteiger partial charge in [-0.25, -0.2) is 0 Å². The zero-order valence-electron chi connectivity index (χ0n) is 7.44. The Hall–Kier alpha value is -0.660. The number of benzene rings is 1. The first-order valence-electron chi connectivity index (χ1n) is 4.02. The molecule has 0 atom stereocenters. The second kappa shape index (κ2) is 2.93. The summed E-state index contributed by atoms with van der Waals surface area (Å²) in [5.41, 5.74) is 2.12. The van der Waals surface area contributed by atoms with Gasteiger partial charge in [0, 0.05) is 12.4 Å². The lowest BCUT2D eigenvalue weighted by Gasteiger charge is -1.96. The van der Waals surface area contributed by atoms with Gasteiger partial charge in [-0.15, -0.1) is 0 Å². The second-order valence-corrected chi connectivity index (χ2v) is 3.87. The van der Waals surface area contributed by atoms with Crippen LogP contribution in [0.3, 0.4) is 0 Å². The Morgan fingerprint density at radius 2 is 1.92 bits per heavy atom. The third-order valence-corrected chi connectivity index (χ3v) is 3.18. The fourth-order valence-corrected chi connectivity index (χ4v) is 2.12. The fourth-order valence-electron chi connectivity index (χ4n) is 1.62. The van der Waals surface area contributed by atoms with Crippen molar-refractivity contribution in [3.05, 3.63) is 33.9 Å². The van der Waals surface area contributed by atoms with Crippen LogP contribution in [0.1, 0.15) is 5.56 Å². The van der Waals surface area contributed by atoms with Gasteiger partial charge in [0.25, 0.3) is 0 Å². The highest BCUT2D eigenvalue weighted by Gasteiger charge is 2.11. The van der Waals surface area contributed by atoms with E-state index in [0.29, 0.717) is 0 Å². The number of nitrogens with zero attached hydrogens (tertiary/aromatic N) is 1. The largest absolute Gasteiger partial charge is 0.334 e. The predicted octanol–water partition coefficient (Wildman–Crippen LogP) is 3.79. The van der Waals surface area contributed by atoms with E-state index in [4.69, 9.17) is 23.2 Å². The maximum atomic E-state index is 6.10. The lowest BCUT2D eigenvalue weighted by molar-refractivity contribution is 0.965. The molecule has 1 nitrogen and oxygen atoms in total. The van der Waals surface area contributed by atoms with Gasteiger partial charge >= 0.3 is 0 Å². The van der Waals surface area contributed by atoms with Gasteiger partial charge in [0.2, 0.25) is 0 Å². The van der Waals surface area contributed by atoms with Crippen LogP contribution in [0.4, 0.5) is 0 Å². The van der Waals surface area contributed by atoms with E-state index in [2.05, 4.69) is 0 Å². The van der Waals surface area contributed by atoms with Crippen molar-refractivity contribution in [3.8, 4) is 0 Å². The van der Waals surface area contributed by atoms with E-state index in [1.807, 2.05) is 36.7 Å². The maximum absolute atomic E-state index is 6.10. The molecule has 0 bridgehead atoms. The van der Waals surface area contributed by atoms with Crippen molar-refractivity contribution in [2.45, 2.75) is 6.92 Å². The Bertz CT molecular complexity index is 471. The first kappa shape index (κ1) is 8.92. The summed E-state index contributed by atoms with van der Waals surface area (Å²) < 4.78 is 1.94. The average Bonchev–Trinajstić information content (AvgIpc) is 2.33. The second-order valence-electron chi connectivity index (χ2n) is 3.11. The molecule has 2 aromatic rings. The molecule has 0 unspecified atom stereocenters. The van der Waals surface area contributed by atoms with E-state index >= 15 is 0 Å². The van der Waals surface area contributed by atoms with Crippen LogP contribution in [0, 0.1) is 6.92 Å². The minimum absolute atomic E-state index is 0.753. The summed E-state index contributed by atoms with van der Waals surface area (Å²) in [4.78, 5) is 0. The summed E-state index contributed by atoms with van der Waals surface area (Å²) in [5, 5.41) is 2.57. The Labute approximate surface area is 86.9 Å². The molecule has 0 fully saturated rings. The highest BCUT2D eigenvalue weighted by Crippen LogP contribution is 2.32. The molecule has 0 saturated heterocycles. The number of aromatic nitrogens is 1. The number of fused-ring (bicyclic) bond motifs is 1. The average molecular weight is 214 g/mol. The SMILES string of the molecule is Cc1c(Cl)n(C)c2cccc(Cl)c12. The summed E-state index contributed by atoms with van der Waals surface area (Å²) >= 11 is 12.2. The van der Waals surface area contributed by atoms with E-state index in [0.717, 1.165) is 26.6 Å². The van der Waals surface area contributed by atoms with Crippen molar-refractivity contribution in [2.75, 3.05) is 0 Å². The van der Waals surface area contributed by atoms with Gasteiger partial charge < -0.3 is 4.57 Å². The Morgan fingerprint density at radius 3 is 2.54 bits per heavy atom. The monoisotopic (exact) mass is 213 g/mol. The first-order chi connectivity index (χ1) is 6.13. The molecule has 0 radical (unpaired) electrons. The smallest absolute Gasteiger partial charge is 0.112 e. The van der Waals surface area contributed by atoms with E-state index in [1.54, 1.807) is 0 Å². The van der Waals surface area contributed by atoms with E-state index in [9.17, 15) is 0 Å². The summed E-state index contributed by atoms with van der Waals surface area (Å²) in [6, 6.07) is 5.83. The molecule has 0 aliphatic heterocycles. The van der Waals surface area contributed by atoms with Gasteiger partial charge in [0.15, 0.2) is 0 Å². The van der Waals surface area contributed by atoms with Gasteiger partial charge in [-0.3, -0.25) is 0 Å². The highest BCUT2D eigenvalue weighted by molar-refractivity contribution is 6.37. The number of aryl methyl sites for hydroxylation is 2. The Kier molecular flexibility index (Phi) is 2.01. The molecule has 68 valence electrons. The minimum atomic E-state index is 0.753. The summed E-state index contributed by atoms with van der Waals surface area (Å²) in [6.45, 7) is 1.98. The number of hydrogen-bond acceptors (Lipinski definition) is 0. The normalized spacial score (nSPS) is 11.1. The van der Waals surface area contributed by atoms with Crippen LogP contribution < -0.4 is 0 Å². The van der Waals surface area contributed by atoms with Gasteiger partial charge in [0.05, 0.1) is 10.5 Å². The number of halogens is 2. The summed E-state index contributed by atoms with van der Waals surface area (Å²) in [7, 11) is 1.94. The lowest BCUT2D eigenvalue weighted by atomic mass is 10.2. The minimum Gasteiger partial charge on any atom is -0.334 e. The molecular formula is C10H9Cl2N. The zero-order chi connectivity index (χ0) is 9.59. The van der Waals surface area contributed by atoms with Crippen LogP contribution in [-0.4, -0.2) is 4.57 Å². The van der Waals surface area contributed by atoms with Gasteiger partial charge in [-0.05, 0) is 24.6 Å². The quantitative estimate of drug-likeness (QED) is 0.628. The molecule has 0 amide bonds. The lowest BCUT2D eigenvalue weighted by Crippen LogP contribution is -1.85. The molecule has 0 N–H and O–H groups in total. The standard InChI is InChI=1S/C10H9Cl2N/c1-6-9-7(11)4-3-5-8(9)13(2)10(6)12/h3-5H,1-2H3. The third-order valence-electron chi connectivity index (χ3n) is 2.33. The van der Waals surface area contributed by atoms with Crippen LogP contribution in [0.2, 0.25) is 10.2 Å². The van der Waals surface area contributed by atoms with Gasteiger partial charge in [-0.2, -0.15) is 0 Å². The zero-order valence-corrected chi connectivity index (χ0v) is 8.95. The van der Waals surface area contributed by atoms with Crippen LogP contribution in [0.25, 0.3) is 10.9 Å². The van der Waals surface area contributed by atoms with Gasteiger partial charge in [-0.1, -0.05) is 29.3 Å². The van der Waals surface area contributed by atoms with Crippen molar-refractivity contribution in [1.82, 2.24) is 4.57 Å². The van der Waals surface area contributed by atoms with E-state index in [-0.39, 0.29) is 0 Å². The molecule has 0 aliphatic carbocycles. The Morgan fingerprint density at radius 1 is 1.23 bits per heavy atom. The molecule has 1 aromatic carbocycles. The van der Waals surface area contributed by atoms with E-state index in [1.165, 1.54) is 0 Å². The molecule has 2 rings (SSSR count). The van der Waals surface area contributed by atoms with E-state index < -0.39 is 0 Å². The molecule has 13 heavy (non-hydrogen) atoms. The first-order valence-corrected chi connectivity index (χ1v) is 4.77. The van der Waals surface area contributed by atoms with Crippen molar-refractivity contribution >= 4 is 34.1 Å². The fraction of sp³-hybridized carbons (Fsp3) is 0.200. The van der Waals surface area contributed by atoms with Crippen molar-refractivity contribution < 1.29 is 0 Å². The summed E-state index contributed by atoms with van der Waals surface area (Å²) in [6.07, 6.45) is 0. The van der Waals surface area contributed by atoms with Crippen LogP contribution in [0.15, 0.2) is 18.2 Å². The Balaban J connectivity index is 3.03. The highest BCUT2D eigenvalue weighted by atomic mass is 35.5. The molecule has 3 heteroatoms. The van der Waals surface area contributed by atoms with Crippen molar-refractivity contribution in [1.29, 1.82) is 0 Å². The third kappa shape index (κ3) is 1.15. The molecule has 0 spiro atoms. The molecule has 1 heterocycles. The molecule has 1 aromatic heterocycles. The molecule has 0 saturated carbocycles. The predicted molar refractivity (Wildman–Crippen MR) is 57.7 cm³/mol. The number of hydrogen-bond donors (Lipinski definition) is 0. The topological polar surface area (TPSA) is 4.93 Å². The molecular weight excluding hydrogens is 205 g/mol. The van der Waals surface area contributed by atoms with Crippen LogP contribution >= 0.6 is 23.2 Å². The maximum Gasteiger partial charge on any atom is 0.112 e. The number of rotatable bonds is 0. The molecule has 0 aliphatic rings. The summed E-state index contributed by atoms with van der Waals surface area (Å²) in [5.74, 6) is 0.